The summed E-state index contributed by atoms with van der Waals surface area (Å²) in [4.78, 5) is 31.9. The number of carbonyl (C=O) groups is 2. The fourth-order valence-electron chi connectivity index (χ4n) is 3.58. The molecule has 164 valence electrons. The van der Waals surface area contributed by atoms with Crippen LogP contribution in [0.3, 0.4) is 0 Å². The fraction of sp³-hybridized carbons (Fsp3) is 0.455. The Kier molecular flexibility index (Phi) is 5.53. The SMILES string of the molecule is CC(C)(C)OC(=O)NCC(=O)Nc1cnc(Oc2ccc3c(c2)C2(CCC2)OC3)nc1. The van der Waals surface area contributed by atoms with Gasteiger partial charge in [-0.2, -0.15) is 0 Å². The molecule has 0 atom stereocenters. The van der Waals surface area contributed by atoms with E-state index in [1.54, 1.807) is 20.8 Å². The van der Waals surface area contributed by atoms with Crippen molar-refractivity contribution < 1.29 is 23.8 Å². The van der Waals surface area contributed by atoms with E-state index < -0.39 is 17.6 Å². The average Bonchev–Trinajstić information content (AvgIpc) is 3.06. The lowest BCUT2D eigenvalue weighted by Gasteiger charge is -2.38. The van der Waals surface area contributed by atoms with Gasteiger partial charge in [-0.25, -0.2) is 14.8 Å². The summed E-state index contributed by atoms with van der Waals surface area (Å²) in [6, 6.07) is 6.07. The van der Waals surface area contributed by atoms with Gasteiger partial charge >= 0.3 is 12.1 Å². The van der Waals surface area contributed by atoms with Crippen molar-refractivity contribution in [1.82, 2.24) is 15.3 Å². The zero-order chi connectivity index (χ0) is 22.1. The van der Waals surface area contributed by atoms with Crippen LogP contribution in [0.2, 0.25) is 0 Å². The molecule has 9 nitrogen and oxygen atoms in total. The van der Waals surface area contributed by atoms with E-state index >= 15 is 0 Å². The summed E-state index contributed by atoms with van der Waals surface area (Å²) in [6.45, 7) is 5.65. The number of anilines is 1. The topological polar surface area (TPSA) is 112 Å². The molecule has 2 amide bonds. The highest BCUT2D eigenvalue weighted by Gasteiger charge is 2.45. The molecule has 1 spiro atoms. The minimum Gasteiger partial charge on any atom is -0.444 e. The molecule has 1 aliphatic carbocycles. The van der Waals surface area contributed by atoms with Gasteiger partial charge in [0.25, 0.3) is 0 Å². The normalized spacial score (nSPS) is 16.2. The van der Waals surface area contributed by atoms with Gasteiger partial charge in [0.15, 0.2) is 0 Å². The zero-order valence-corrected chi connectivity index (χ0v) is 17.9. The van der Waals surface area contributed by atoms with Crippen LogP contribution >= 0.6 is 0 Å². The first-order valence-corrected chi connectivity index (χ1v) is 10.3. The first kappa shape index (κ1) is 21.0. The monoisotopic (exact) mass is 426 g/mol. The molecular weight excluding hydrogens is 400 g/mol. The highest BCUT2D eigenvalue weighted by atomic mass is 16.6. The smallest absolute Gasteiger partial charge is 0.408 e. The van der Waals surface area contributed by atoms with E-state index in [4.69, 9.17) is 14.2 Å². The summed E-state index contributed by atoms with van der Waals surface area (Å²) in [5.41, 5.74) is 2.01. The highest BCUT2D eigenvalue weighted by molar-refractivity contribution is 5.93. The number of fused-ring (bicyclic) bond motifs is 2. The Labute approximate surface area is 180 Å². The summed E-state index contributed by atoms with van der Waals surface area (Å²) < 4.78 is 16.9. The fourth-order valence-corrected chi connectivity index (χ4v) is 3.58. The number of rotatable bonds is 5. The molecule has 4 rings (SSSR count). The van der Waals surface area contributed by atoms with E-state index in [2.05, 4.69) is 20.6 Å². The average molecular weight is 426 g/mol. The number of ether oxygens (including phenoxy) is 3. The predicted octanol–water partition coefficient (Wildman–Crippen LogP) is 3.64. The van der Waals surface area contributed by atoms with Crippen LogP contribution in [-0.2, 0) is 26.5 Å². The maximum absolute atomic E-state index is 12.0. The Balaban J connectivity index is 1.30. The van der Waals surface area contributed by atoms with Crippen molar-refractivity contribution >= 4 is 17.7 Å². The molecule has 2 heterocycles. The van der Waals surface area contributed by atoms with Crippen molar-refractivity contribution in [2.24, 2.45) is 0 Å². The third-order valence-corrected chi connectivity index (χ3v) is 5.15. The largest absolute Gasteiger partial charge is 0.444 e. The van der Waals surface area contributed by atoms with E-state index in [9.17, 15) is 9.59 Å². The van der Waals surface area contributed by atoms with Crippen molar-refractivity contribution in [3.63, 3.8) is 0 Å². The number of carbonyl (C=O) groups excluding carboxylic acids is 2. The van der Waals surface area contributed by atoms with Crippen LogP contribution in [0.1, 0.15) is 51.2 Å². The molecule has 0 saturated heterocycles. The Morgan fingerprint density at radius 3 is 2.58 bits per heavy atom. The molecular formula is C22H26N4O5. The molecule has 0 unspecified atom stereocenters. The first-order chi connectivity index (χ1) is 14.7. The van der Waals surface area contributed by atoms with Crippen molar-refractivity contribution in [3.8, 4) is 11.8 Å². The molecule has 0 radical (unpaired) electrons. The van der Waals surface area contributed by atoms with Crippen LogP contribution in [0.5, 0.6) is 11.8 Å². The van der Waals surface area contributed by atoms with Crippen LogP contribution < -0.4 is 15.4 Å². The first-order valence-electron chi connectivity index (χ1n) is 10.3. The lowest BCUT2D eigenvalue weighted by atomic mass is 9.75. The second-order valence-corrected chi connectivity index (χ2v) is 8.72. The zero-order valence-electron chi connectivity index (χ0n) is 17.9. The molecule has 9 heteroatoms. The Morgan fingerprint density at radius 2 is 1.94 bits per heavy atom. The van der Waals surface area contributed by atoms with E-state index in [1.807, 2.05) is 18.2 Å². The molecule has 1 fully saturated rings. The van der Waals surface area contributed by atoms with Gasteiger partial charge in [-0.1, -0.05) is 6.07 Å². The third-order valence-electron chi connectivity index (χ3n) is 5.15. The summed E-state index contributed by atoms with van der Waals surface area (Å²) in [5.74, 6) is 0.224. The highest BCUT2D eigenvalue weighted by Crippen LogP contribution is 2.51. The summed E-state index contributed by atoms with van der Waals surface area (Å²) in [5, 5.41) is 5.00. The minimum absolute atomic E-state index is 0.142. The molecule has 2 N–H and O–H groups in total. The second kappa shape index (κ2) is 8.14. The third kappa shape index (κ3) is 4.93. The van der Waals surface area contributed by atoms with Crippen LogP contribution in [0.25, 0.3) is 0 Å². The van der Waals surface area contributed by atoms with Crippen LogP contribution in [0.4, 0.5) is 10.5 Å². The van der Waals surface area contributed by atoms with Crippen LogP contribution in [0.15, 0.2) is 30.6 Å². The van der Waals surface area contributed by atoms with Gasteiger partial charge in [-0.05, 0) is 63.3 Å². The number of alkyl carbamates (subject to hydrolysis) is 1. The molecule has 2 aromatic rings. The van der Waals surface area contributed by atoms with Crippen molar-refractivity contribution in [1.29, 1.82) is 0 Å². The molecule has 1 aromatic heterocycles. The Morgan fingerprint density at radius 1 is 1.19 bits per heavy atom. The lowest BCUT2D eigenvalue weighted by molar-refractivity contribution is -0.115. The molecule has 1 aliphatic heterocycles. The maximum Gasteiger partial charge on any atom is 0.408 e. The van der Waals surface area contributed by atoms with E-state index in [-0.39, 0.29) is 18.2 Å². The number of nitrogens with one attached hydrogen (secondary N) is 2. The number of benzene rings is 1. The van der Waals surface area contributed by atoms with Gasteiger partial charge in [-0.3, -0.25) is 4.79 Å². The minimum atomic E-state index is -0.661. The van der Waals surface area contributed by atoms with Crippen molar-refractivity contribution in [3.05, 3.63) is 41.7 Å². The molecule has 31 heavy (non-hydrogen) atoms. The van der Waals surface area contributed by atoms with Gasteiger partial charge in [-0.15, -0.1) is 0 Å². The predicted molar refractivity (Wildman–Crippen MR) is 112 cm³/mol. The summed E-state index contributed by atoms with van der Waals surface area (Å²) in [7, 11) is 0. The Hall–Kier alpha value is -3.20. The quantitative estimate of drug-likeness (QED) is 0.751. The number of aromatic nitrogens is 2. The Bertz CT molecular complexity index is 980. The van der Waals surface area contributed by atoms with Gasteiger partial charge in [0.2, 0.25) is 5.91 Å². The molecule has 1 aromatic carbocycles. The summed E-state index contributed by atoms with van der Waals surface area (Å²) >= 11 is 0. The van der Waals surface area contributed by atoms with Crippen molar-refractivity contribution in [2.75, 3.05) is 11.9 Å². The van der Waals surface area contributed by atoms with Crippen LogP contribution in [-0.4, -0.2) is 34.1 Å². The lowest BCUT2D eigenvalue weighted by Crippen LogP contribution is -2.37. The maximum atomic E-state index is 12.0. The van der Waals surface area contributed by atoms with Crippen LogP contribution in [0, 0.1) is 0 Å². The number of hydrogen-bond donors (Lipinski definition) is 2. The van der Waals surface area contributed by atoms with E-state index in [0.29, 0.717) is 18.0 Å². The van der Waals surface area contributed by atoms with E-state index in [1.165, 1.54) is 29.9 Å². The second-order valence-electron chi connectivity index (χ2n) is 8.72. The van der Waals surface area contributed by atoms with Gasteiger partial charge in [0, 0.05) is 0 Å². The number of amides is 2. The molecule has 0 bridgehead atoms. The molecule has 2 aliphatic rings. The number of hydrogen-bond acceptors (Lipinski definition) is 7. The number of nitrogens with zero attached hydrogens (tertiary/aromatic N) is 2. The van der Waals surface area contributed by atoms with Crippen molar-refractivity contribution in [2.45, 2.75) is 57.8 Å². The van der Waals surface area contributed by atoms with Gasteiger partial charge in [0.05, 0.1) is 30.3 Å². The van der Waals surface area contributed by atoms with Gasteiger partial charge in [0.1, 0.15) is 17.9 Å². The molecule has 1 saturated carbocycles. The van der Waals surface area contributed by atoms with E-state index in [0.717, 1.165) is 12.8 Å². The van der Waals surface area contributed by atoms with Gasteiger partial charge < -0.3 is 24.8 Å². The summed E-state index contributed by atoms with van der Waals surface area (Å²) in [6.07, 6.45) is 5.48. The standard InChI is InChI=1S/C22H26N4O5/c1-21(2,3)31-20(28)25-12-18(27)26-15-10-23-19(24-11-15)30-16-6-5-14-13-29-22(7-4-8-22)17(14)9-16/h5-6,9-11H,4,7-8,12-13H2,1-3H3,(H,25,28)(H,26,27).